The molecule has 47 heavy (non-hydrogen) atoms. The van der Waals surface area contributed by atoms with Gasteiger partial charge in [0.05, 0.1) is 0 Å². The molecule has 2 fully saturated rings. The minimum Gasteiger partial charge on any atom is -0.453 e. The number of carbonyl (C=O) groups is 1. The van der Waals surface area contributed by atoms with Crippen LogP contribution >= 0.6 is 12.2 Å². The molecule has 0 aromatic heterocycles. The summed E-state index contributed by atoms with van der Waals surface area (Å²) in [5.41, 5.74) is 4.47. The Hall–Kier alpha value is -2.46. The molecule has 4 aliphatic carbocycles. The van der Waals surface area contributed by atoms with Gasteiger partial charge in [0.1, 0.15) is 11.9 Å². The molecule has 0 saturated heterocycles. The van der Waals surface area contributed by atoms with Gasteiger partial charge in [-0.2, -0.15) is 0 Å². The van der Waals surface area contributed by atoms with Gasteiger partial charge in [0.25, 0.3) is 0 Å². The molecule has 2 saturated carbocycles. The second-order valence-electron chi connectivity index (χ2n) is 17.1. The highest BCUT2D eigenvalue weighted by atomic mass is 32.1. The number of allylic oxidation sites excluding steroid dienone is 1. The van der Waals surface area contributed by atoms with Gasteiger partial charge in [-0.25, -0.2) is 0 Å². The van der Waals surface area contributed by atoms with E-state index in [1.54, 1.807) is 11.1 Å². The van der Waals surface area contributed by atoms with Gasteiger partial charge in [-0.15, -0.1) is 0 Å². The van der Waals surface area contributed by atoms with Gasteiger partial charge >= 0.3 is 5.24 Å². The van der Waals surface area contributed by atoms with E-state index in [1.807, 2.05) is 60.7 Å². The summed E-state index contributed by atoms with van der Waals surface area (Å²) in [5.74, 6) is 3.95. The predicted molar refractivity (Wildman–Crippen MR) is 196 cm³/mol. The van der Waals surface area contributed by atoms with E-state index in [2.05, 4.69) is 48.5 Å². The van der Waals surface area contributed by atoms with Crippen molar-refractivity contribution in [3.8, 4) is 5.75 Å². The van der Waals surface area contributed by atoms with Gasteiger partial charge in [-0.05, 0) is 97.0 Å². The van der Waals surface area contributed by atoms with Crippen LogP contribution in [-0.2, 0) is 4.74 Å². The predicted octanol–water partition coefficient (Wildman–Crippen LogP) is 11.7. The fraction of sp³-hybridized carbons (Fsp3) is 0.628. The van der Waals surface area contributed by atoms with E-state index in [-0.39, 0.29) is 33.5 Å². The van der Waals surface area contributed by atoms with Crippen molar-refractivity contribution in [2.45, 2.75) is 119 Å². The molecule has 0 radical (unpaired) electrons. The third kappa shape index (κ3) is 6.38. The van der Waals surface area contributed by atoms with E-state index in [0.717, 1.165) is 49.3 Å². The van der Waals surface area contributed by atoms with Crippen molar-refractivity contribution in [1.29, 1.82) is 0 Å². The Labute approximate surface area is 290 Å². The lowest BCUT2D eigenvalue weighted by molar-refractivity contribution is -0.0388. The molecule has 254 valence electrons. The number of fused-ring (bicyclic) bond motifs is 4. The average molecular weight is 655 g/mol. The van der Waals surface area contributed by atoms with Crippen molar-refractivity contribution in [2.24, 2.45) is 51.8 Å². The number of ether oxygens (including phenoxy) is 2. The monoisotopic (exact) mass is 654 g/mol. The molecule has 0 spiro atoms. The lowest BCUT2D eigenvalue weighted by atomic mass is 9.44. The zero-order valence-electron chi connectivity index (χ0n) is 30.0. The molecule has 3 nitrogen and oxygen atoms in total. The molecule has 0 aliphatic heterocycles. The topological polar surface area (TPSA) is 35.5 Å². The molecular formula is C43H58O3S. The van der Waals surface area contributed by atoms with Crippen LogP contribution < -0.4 is 4.74 Å². The maximum absolute atomic E-state index is 13.9. The third-order valence-electron chi connectivity index (χ3n) is 13.7. The molecule has 8 atom stereocenters. The summed E-state index contributed by atoms with van der Waals surface area (Å²) >= 11 is 5.78. The van der Waals surface area contributed by atoms with Crippen molar-refractivity contribution in [3.63, 3.8) is 0 Å². The first-order valence-corrected chi connectivity index (χ1v) is 19.0. The summed E-state index contributed by atoms with van der Waals surface area (Å²) in [7, 11) is 0. The summed E-state index contributed by atoms with van der Waals surface area (Å²) in [6.07, 6.45) is 11.6. The fourth-order valence-corrected chi connectivity index (χ4v) is 11.7. The van der Waals surface area contributed by atoms with Gasteiger partial charge < -0.3 is 9.47 Å². The normalized spacial score (nSPS) is 33.4. The number of Topliss-reactive ketones (excluding diaryl/α,β-unsaturated/α-hetero) is 1. The van der Waals surface area contributed by atoms with Gasteiger partial charge in [0.15, 0.2) is 5.78 Å². The molecule has 0 N–H and O–H groups in total. The number of carbonyl (C=O) groups excluding carboxylic acids is 1. The number of benzene rings is 2. The lowest BCUT2D eigenvalue weighted by Crippen LogP contribution is -2.54. The minimum atomic E-state index is -0.0661. The summed E-state index contributed by atoms with van der Waals surface area (Å²) in [6, 6.07) is 19.8. The van der Waals surface area contributed by atoms with Crippen molar-refractivity contribution in [1.82, 2.24) is 0 Å². The molecule has 0 amide bonds. The van der Waals surface area contributed by atoms with Crippen LogP contribution in [0, 0.1) is 51.8 Å². The number of para-hydroxylation sites is 1. The van der Waals surface area contributed by atoms with Crippen LogP contribution in [0.15, 0.2) is 71.8 Å². The molecule has 6 rings (SSSR count). The van der Waals surface area contributed by atoms with Gasteiger partial charge in [0.2, 0.25) is 0 Å². The number of hydrogen-bond donors (Lipinski definition) is 0. The number of hydrogen-bond acceptors (Lipinski definition) is 4. The third-order valence-corrected chi connectivity index (χ3v) is 13.9. The Balaban J connectivity index is 1.31. The highest BCUT2D eigenvalue weighted by Crippen LogP contribution is 2.69. The van der Waals surface area contributed by atoms with Crippen LogP contribution in [0.3, 0.4) is 0 Å². The first kappa shape index (κ1) is 34.4. The van der Waals surface area contributed by atoms with Crippen LogP contribution in [0.5, 0.6) is 5.75 Å². The SMILES string of the molecule is CC(C)CCC[C@@H](C)[C@H]1CC(OC(=S)Oc2ccccc2)[C@H]2C3=C(CC[C@@]21C)[C@@]1(C)CCC(C(=O)c2ccccc2)C(C)(C)C1CC3. The Morgan fingerprint density at radius 1 is 0.894 bits per heavy atom. The van der Waals surface area contributed by atoms with E-state index >= 15 is 0 Å². The lowest BCUT2D eigenvalue weighted by Gasteiger charge is -2.60. The summed E-state index contributed by atoms with van der Waals surface area (Å²) in [6.45, 7) is 17.1. The summed E-state index contributed by atoms with van der Waals surface area (Å²) in [4.78, 5) is 13.9. The number of ketones is 1. The summed E-state index contributed by atoms with van der Waals surface area (Å²) < 4.78 is 12.8. The Morgan fingerprint density at radius 2 is 1.57 bits per heavy atom. The maximum Gasteiger partial charge on any atom is 0.358 e. The Bertz CT molecular complexity index is 1460. The zero-order valence-corrected chi connectivity index (χ0v) is 30.8. The van der Waals surface area contributed by atoms with E-state index in [9.17, 15) is 4.79 Å². The van der Waals surface area contributed by atoms with E-state index < -0.39 is 0 Å². The minimum absolute atomic E-state index is 0.0308. The van der Waals surface area contributed by atoms with Crippen LogP contribution in [0.25, 0.3) is 0 Å². The van der Waals surface area contributed by atoms with E-state index in [0.29, 0.717) is 29.5 Å². The second kappa shape index (κ2) is 13.4. The van der Waals surface area contributed by atoms with Crippen LogP contribution in [-0.4, -0.2) is 17.1 Å². The van der Waals surface area contributed by atoms with Gasteiger partial charge in [-0.3, -0.25) is 4.79 Å². The zero-order chi connectivity index (χ0) is 33.6. The molecule has 4 aliphatic rings. The molecule has 2 aromatic rings. The van der Waals surface area contributed by atoms with Crippen molar-refractivity contribution in [3.05, 3.63) is 77.4 Å². The van der Waals surface area contributed by atoms with Gasteiger partial charge in [0, 0.05) is 29.6 Å². The van der Waals surface area contributed by atoms with Crippen molar-refractivity contribution >= 4 is 23.2 Å². The highest BCUT2D eigenvalue weighted by molar-refractivity contribution is 7.79. The first-order valence-electron chi connectivity index (χ1n) is 18.6. The molecule has 4 heteroatoms. The molecule has 3 unspecified atom stereocenters. The number of rotatable bonds is 9. The Morgan fingerprint density at radius 3 is 2.26 bits per heavy atom. The Kier molecular flexibility index (Phi) is 9.85. The van der Waals surface area contributed by atoms with Crippen LogP contribution in [0.1, 0.15) is 123 Å². The summed E-state index contributed by atoms with van der Waals surface area (Å²) in [5, 5.41) is 0.255. The van der Waals surface area contributed by atoms with Gasteiger partial charge in [-0.1, -0.05) is 127 Å². The smallest absolute Gasteiger partial charge is 0.358 e. The number of thiocarbonyl (C=S) groups is 1. The fourth-order valence-electron chi connectivity index (χ4n) is 11.4. The average Bonchev–Trinajstić information content (AvgIpc) is 3.33. The molecule has 0 bridgehead atoms. The van der Waals surface area contributed by atoms with E-state index in [1.165, 1.54) is 32.1 Å². The van der Waals surface area contributed by atoms with Crippen LogP contribution in [0.2, 0.25) is 0 Å². The first-order chi connectivity index (χ1) is 22.4. The second-order valence-corrected chi connectivity index (χ2v) is 17.4. The van der Waals surface area contributed by atoms with Crippen LogP contribution in [0.4, 0.5) is 0 Å². The van der Waals surface area contributed by atoms with Crippen molar-refractivity contribution < 1.29 is 14.3 Å². The standard InChI is InChI=1S/C43H58O3S/c1-28(2)15-14-16-29(3)35-27-36(46-40(47)45-31-19-12-9-13-20-31)38-32-21-22-37-41(4,5)34(39(44)30-17-10-8-11-18-30)24-25-42(37,6)33(32)23-26-43(35,38)7/h8-13,17-20,28-29,34-38H,14-16,21-27H2,1-7H3/t29-,34?,35-,36?,37?,38-,42-,43-/m1/s1. The van der Waals surface area contributed by atoms with Crippen molar-refractivity contribution in [2.75, 3.05) is 0 Å². The molecule has 2 aromatic carbocycles. The highest BCUT2D eigenvalue weighted by Gasteiger charge is 2.62. The van der Waals surface area contributed by atoms with E-state index in [4.69, 9.17) is 21.7 Å². The maximum atomic E-state index is 13.9. The molecular weight excluding hydrogens is 597 g/mol. The molecule has 0 heterocycles. The largest absolute Gasteiger partial charge is 0.453 e. The quantitative estimate of drug-likeness (QED) is 0.153.